The van der Waals surface area contributed by atoms with Gasteiger partial charge in [0.1, 0.15) is 11.1 Å². The van der Waals surface area contributed by atoms with Crippen LogP contribution in [0.15, 0.2) is 24.3 Å². The molecule has 0 radical (unpaired) electrons. The van der Waals surface area contributed by atoms with Gasteiger partial charge in [-0.3, -0.25) is 4.79 Å². The third kappa shape index (κ3) is 3.19. The van der Waals surface area contributed by atoms with Gasteiger partial charge in [-0.1, -0.05) is 32.9 Å². The zero-order chi connectivity index (χ0) is 14.0. The van der Waals surface area contributed by atoms with Crippen LogP contribution in [0.2, 0.25) is 0 Å². The van der Waals surface area contributed by atoms with Crippen molar-refractivity contribution in [2.24, 2.45) is 5.41 Å². The largest absolute Gasteiger partial charge is 0.373 e. The Balaban J connectivity index is 2.18. The average molecular weight is 277 g/mol. The van der Waals surface area contributed by atoms with Gasteiger partial charge in [-0.05, 0) is 17.5 Å². The number of carbonyl (C=O) groups excluding carboxylic acids is 1. The lowest BCUT2D eigenvalue weighted by Gasteiger charge is -2.27. The number of hydrogen-bond donors (Lipinski definition) is 0. The fraction of sp³-hybridized carbons (Fsp3) is 0.467. The van der Waals surface area contributed by atoms with Crippen LogP contribution in [0.4, 0.5) is 0 Å². The van der Waals surface area contributed by atoms with Crippen LogP contribution < -0.4 is 0 Å². The van der Waals surface area contributed by atoms with E-state index in [1.165, 1.54) is 0 Å². The van der Waals surface area contributed by atoms with Crippen LogP contribution in [0.3, 0.4) is 0 Å². The van der Waals surface area contributed by atoms with Crippen molar-refractivity contribution >= 4 is 27.3 Å². The fourth-order valence-electron chi connectivity index (χ4n) is 2.21. The van der Waals surface area contributed by atoms with Crippen LogP contribution in [0, 0.1) is 5.41 Å². The van der Waals surface area contributed by atoms with E-state index in [0.29, 0.717) is 6.42 Å². The number of methoxy groups -OCH3 is 1. The zero-order valence-corrected chi connectivity index (χ0v) is 12.6. The minimum Gasteiger partial charge on any atom is -0.373 e. The summed E-state index contributed by atoms with van der Waals surface area (Å²) in [6, 6.07) is 7.94. The number of nitrogens with zero attached hydrogens (tertiary/aromatic N) is 1. The summed E-state index contributed by atoms with van der Waals surface area (Å²) < 4.78 is 6.47. The molecule has 1 unspecified atom stereocenters. The number of ether oxygens (including phenoxy) is 1. The first-order valence-electron chi connectivity index (χ1n) is 6.32. The van der Waals surface area contributed by atoms with E-state index in [1.54, 1.807) is 18.4 Å². The predicted molar refractivity (Wildman–Crippen MR) is 78.6 cm³/mol. The first-order valence-corrected chi connectivity index (χ1v) is 7.13. The molecule has 0 aliphatic carbocycles. The van der Waals surface area contributed by atoms with Gasteiger partial charge < -0.3 is 4.74 Å². The lowest BCUT2D eigenvalue weighted by atomic mass is 9.85. The molecule has 4 heteroatoms. The highest BCUT2D eigenvalue weighted by molar-refractivity contribution is 7.18. The number of hydrogen-bond acceptors (Lipinski definition) is 4. The van der Waals surface area contributed by atoms with Crippen molar-refractivity contribution in [1.82, 2.24) is 4.98 Å². The molecule has 0 amide bonds. The molecule has 0 N–H and O–H groups in total. The SMILES string of the molecule is COC(C(=O)Cc1nc2ccccc2s1)C(C)(C)C. The van der Waals surface area contributed by atoms with Crippen molar-refractivity contribution in [3.05, 3.63) is 29.3 Å². The van der Waals surface area contributed by atoms with Gasteiger partial charge in [0.2, 0.25) is 0 Å². The van der Waals surface area contributed by atoms with Crippen molar-refractivity contribution in [3.63, 3.8) is 0 Å². The second kappa shape index (κ2) is 5.39. The molecule has 0 aliphatic rings. The van der Waals surface area contributed by atoms with E-state index in [4.69, 9.17) is 4.74 Å². The molecule has 3 nitrogen and oxygen atoms in total. The highest BCUT2D eigenvalue weighted by Gasteiger charge is 2.31. The molecule has 0 saturated carbocycles. The van der Waals surface area contributed by atoms with Gasteiger partial charge in [0.25, 0.3) is 0 Å². The van der Waals surface area contributed by atoms with E-state index in [1.807, 2.05) is 45.0 Å². The number of carbonyl (C=O) groups is 1. The van der Waals surface area contributed by atoms with Crippen LogP contribution in [0.25, 0.3) is 10.2 Å². The first-order chi connectivity index (χ1) is 8.91. The number of rotatable bonds is 4. The Kier molecular flexibility index (Phi) is 4.02. The van der Waals surface area contributed by atoms with Gasteiger partial charge >= 0.3 is 0 Å². The second-order valence-electron chi connectivity index (χ2n) is 5.70. The number of aromatic nitrogens is 1. The molecule has 2 aromatic rings. The minimum absolute atomic E-state index is 0.0917. The summed E-state index contributed by atoms with van der Waals surface area (Å²) >= 11 is 1.58. The third-order valence-electron chi connectivity index (χ3n) is 2.98. The monoisotopic (exact) mass is 277 g/mol. The maximum Gasteiger partial charge on any atom is 0.168 e. The Hall–Kier alpha value is -1.26. The van der Waals surface area contributed by atoms with Gasteiger partial charge in [-0.15, -0.1) is 11.3 Å². The highest BCUT2D eigenvalue weighted by Crippen LogP contribution is 2.26. The van der Waals surface area contributed by atoms with Crippen LogP contribution in [-0.2, 0) is 16.0 Å². The predicted octanol–water partition coefficient (Wildman–Crippen LogP) is 3.47. The molecule has 102 valence electrons. The standard InChI is InChI=1S/C15H19NO2S/c1-15(2,3)14(18-4)11(17)9-13-16-10-7-5-6-8-12(10)19-13/h5-8,14H,9H2,1-4H3. The van der Waals surface area contributed by atoms with Crippen molar-refractivity contribution in [3.8, 4) is 0 Å². The van der Waals surface area contributed by atoms with E-state index < -0.39 is 0 Å². The van der Waals surface area contributed by atoms with Crippen molar-refractivity contribution < 1.29 is 9.53 Å². The smallest absolute Gasteiger partial charge is 0.168 e. The summed E-state index contributed by atoms with van der Waals surface area (Å²) in [5, 5.41) is 0.859. The second-order valence-corrected chi connectivity index (χ2v) is 6.82. The number of ketones is 1. The summed E-state index contributed by atoms with van der Waals surface area (Å²) in [5.74, 6) is 0.0917. The number of para-hydroxylation sites is 1. The molecule has 1 atom stereocenters. The number of fused-ring (bicyclic) bond motifs is 1. The molecule has 19 heavy (non-hydrogen) atoms. The quantitative estimate of drug-likeness (QED) is 0.859. The molecule has 0 fully saturated rings. The van der Waals surface area contributed by atoms with E-state index in [0.717, 1.165) is 15.2 Å². The highest BCUT2D eigenvalue weighted by atomic mass is 32.1. The van der Waals surface area contributed by atoms with E-state index in [9.17, 15) is 4.79 Å². The molecule has 2 rings (SSSR count). The maximum absolute atomic E-state index is 12.3. The van der Waals surface area contributed by atoms with Gasteiger partial charge in [-0.2, -0.15) is 0 Å². The summed E-state index contributed by atoms with van der Waals surface area (Å²) in [4.78, 5) is 16.8. The van der Waals surface area contributed by atoms with Crippen LogP contribution in [0.5, 0.6) is 0 Å². The molecule has 1 heterocycles. The lowest BCUT2D eigenvalue weighted by molar-refractivity contribution is -0.134. The molecule has 0 saturated heterocycles. The Morgan fingerprint density at radius 3 is 2.63 bits per heavy atom. The van der Waals surface area contributed by atoms with Crippen molar-refractivity contribution in [2.45, 2.75) is 33.3 Å². The molecule has 0 spiro atoms. The van der Waals surface area contributed by atoms with Gasteiger partial charge in [0, 0.05) is 7.11 Å². The fourth-order valence-corrected chi connectivity index (χ4v) is 3.18. The maximum atomic E-state index is 12.3. The number of benzene rings is 1. The van der Waals surface area contributed by atoms with Gasteiger partial charge in [0.05, 0.1) is 16.6 Å². The van der Waals surface area contributed by atoms with Gasteiger partial charge in [-0.25, -0.2) is 4.98 Å². The van der Waals surface area contributed by atoms with Crippen LogP contribution in [0.1, 0.15) is 25.8 Å². The summed E-state index contributed by atoms with van der Waals surface area (Å²) in [5.41, 5.74) is 0.766. The number of thiazole rings is 1. The normalized spacial score (nSPS) is 13.7. The summed E-state index contributed by atoms with van der Waals surface area (Å²) in [7, 11) is 1.59. The molecule has 1 aromatic heterocycles. The van der Waals surface area contributed by atoms with Crippen LogP contribution >= 0.6 is 11.3 Å². The van der Waals surface area contributed by atoms with Crippen LogP contribution in [-0.4, -0.2) is 24.0 Å². The average Bonchev–Trinajstić information content (AvgIpc) is 2.69. The molecule has 0 bridgehead atoms. The zero-order valence-electron chi connectivity index (χ0n) is 11.8. The van der Waals surface area contributed by atoms with Crippen molar-refractivity contribution in [2.75, 3.05) is 7.11 Å². The minimum atomic E-state index is -0.389. The van der Waals surface area contributed by atoms with Crippen molar-refractivity contribution in [1.29, 1.82) is 0 Å². The molecule has 1 aromatic carbocycles. The number of Topliss-reactive ketones (excluding diaryl/α,β-unsaturated/α-hetero) is 1. The van der Waals surface area contributed by atoms with E-state index in [-0.39, 0.29) is 17.3 Å². The van der Waals surface area contributed by atoms with Gasteiger partial charge in [0.15, 0.2) is 5.78 Å². The Labute approximate surface area is 117 Å². The third-order valence-corrected chi connectivity index (χ3v) is 4.01. The van der Waals surface area contributed by atoms with E-state index in [2.05, 4.69) is 4.98 Å². The Morgan fingerprint density at radius 2 is 2.05 bits per heavy atom. The molecular formula is C15H19NO2S. The van der Waals surface area contributed by atoms with E-state index >= 15 is 0 Å². The lowest BCUT2D eigenvalue weighted by Crippen LogP contribution is -2.37. The summed E-state index contributed by atoms with van der Waals surface area (Å²) in [6.45, 7) is 6.03. The molecule has 0 aliphatic heterocycles. The first kappa shape index (κ1) is 14.2. The Bertz CT molecular complexity index is 550. The molecular weight excluding hydrogens is 258 g/mol. The topological polar surface area (TPSA) is 39.2 Å². The summed E-state index contributed by atoms with van der Waals surface area (Å²) in [6.07, 6.45) is -0.0470. The Morgan fingerprint density at radius 1 is 1.37 bits per heavy atom.